The molecule has 8 rings (SSSR count). The first-order valence-corrected chi connectivity index (χ1v) is 19.1. The van der Waals surface area contributed by atoms with E-state index in [9.17, 15) is 0 Å². The quantitative estimate of drug-likeness (QED) is 0.174. The van der Waals surface area contributed by atoms with E-state index in [1.807, 2.05) is 0 Å². The molecule has 2 aromatic heterocycles. The molecule has 3 heterocycles. The van der Waals surface area contributed by atoms with Gasteiger partial charge in [0.2, 0.25) is 0 Å². The Kier molecular flexibility index (Phi) is 6.84. The Morgan fingerprint density at radius 3 is 2.26 bits per heavy atom. The molecular formula is C42H42N2OSi. The molecule has 0 saturated carbocycles. The number of ether oxygens (including phenoxy) is 1. The number of hydrogen-bond acceptors (Lipinski definition) is 2. The maximum Gasteiger partial charge on any atom is 0.138 e. The number of fused-ring (bicyclic) bond motifs is 7. The first-order chi connectivity index (χ1) is 22.3. The van der Waals surface area contributed by atoms with Crippen LogP contribution in [0.15, 0.2) is 115 Å². The number of rotatable bonds is 6. The summed E-state index contributed by atoms with van der Waals surface area (Å²) in [5.74, 6) is 3.29. The van der Waals surface area contributed by atoms with Gasteiger partial charge in [0.05, 0.1) is 24.6 Å². The van der Waals surface area contributed by atoms with Gasteiger partial charge in [-0.3, -0.25) is 4.57 Å². The van der Waals surface area contributed by atoms with E-state index < -0.39 is 8.07 Å². The highest BCUT2D eigenvalue weighted by molar-refractivity contribution is 6.95. The average Bonchev–Trinajstić information content (AvgIpc) is 3.59. The van der Waals surface area contributed by atoms with Gasteiger partial charge in [-0.1, -0.05) is 107 Å². The van der Waals surface area contributed by atoms with E-state index in [2.05, 4.69) is 155 Å². The molecule has 0 radical (unpaired) electrons. The summed E-state index contributed by atoms with van der Waals surface area (Å²) in [5, 5.41) is 5.30. The first-order valence-electron chi connectivity index (χ1n) is 16.9. The summed E-state index contributed by atoms with van der Waals surface area (Å²) in [5.41, 5.74) is 9.33. The molecule has 4 aromatic carbocycles. The third-order valence-corrected chi connectivity index (χ3v) is 18.1. The summed E-state index contributed by atoms with van der Waals surface area (Å²) in [6.45, 7) is 14.6. The molecular weight excluding hydrogens is 577 g/mol. The van der Waals surface area contributed by atoms with Crippen molar-refractivity contribution >= 4 is 51.5 Å². The molecule has 0 spiro atoms. The number of allylic oxidation sites excluding steroid dienone is 4. The van der Waals surface area contributed by atoms with Crippen LogP contribution in [-0.4, -0.2) is 17.6 Å². The third kappa shape index (κ3) is 4.26. The minimum absolute atomic E-state index is 0.282. The Morgan fingerprint density at radius 1 is 0.717 bits per heavy atom. The zero-order valence-electron chi connectivity index (χ0n) is 27.7. The van der Waals surface area contributed by atoms with Gasteiger partial charge in [-0.25, -0.2) is 4.98 Å². The lowest BCUT2D eigenvalue weighted by atomic mass is 9.85. The van der Waals surface area contributed by atoms with Crippen molar-refractivity contribution < 1.29 is 4.74 Å². The number of benzene rings is 4. The van der Waals surface area contributed by atoms with Crippen LogP contribution in [-0.2, 0) is 0 Å². The minimum Gasteiger partial charge on any atom is -0.461 e. The molecule has 6 aromatic rings. The molecule has 4 heteroatoms. The monoisotopic (exact) mass is 618 g/mol. The van der Waals surface area contributed by atoms with Gasteiger partial charge in [0.15, 0.2) is 0 Å². The van der Waals surface area contributed by atoms with Crippen LogP contribution in [0.5, 0.6) is 5.75 Å². The molecule has 46 heavy (non-hydrogen) atoms. The fraction of sp³-hybridized carbons (Fsp3) is 0.262. The molecule has 0 N–H and O–H groups in total. The van der Waals surface area contributed by atoms with Crippen molar-refractivity contribution in [2.75, 3.05) is 0 Å². The highest BCUT2D eigenvalue weighted by Crippen LogP contribution is 2.48. The minimum atomic E-state index is -1.75. The Hall–Kier alpha value is -4.41. The lowest BCUT2D eigenvalue weighted by molar-refractivity contribution is 0.426. The lowest BCUT2D eigenvalue weighted by Crippen LogP contribution is -2.55. The molecule has 0 fully saturated rings. The molecule has 1 aliphatic carbocycles. The predicted molar refractivity (Wildman–Crippen MR) is 197 cm³/mol. The Bertz CT molecular complexity index is 2190. The molecule has 0 amide bonds. The SMILES string of the molecule is CC(C)[Si](c1ccc2nc(-n3c4ccccc4c4cc(C5=CC=C6Oc7ccccc7C6C5)ccc43)ccc2c1)(C(C)C)C(C)C. The van der Waals surface area contributed by atoms with Gasteiger partial charge in [0.1, 0.15) is 17.3 Å². The van der Waals surface area contributed by atoms with E-state index in [1.54, 1.807) is 5.19 Å². The fourth-order valence-corrected chi connectivity index (χ4v) is 16.0. The normalized spacial score (nSPS) is 16.3. The molecule has 2 aliphatic rings. The van der Waals surface area contributed by atoms with Gasteiger partial charge in [-0.05, 0) is 82.7 Å². The van der Waals surface area contributed by atoms with E-state index in [-0.39, 0.29) is 5.92 Å². The smallest absolute Gasteiger partial charge is 0.138 e. The highest BCUT2D eigenvalue weighted by Gasteiger charge is 2.44. The van der Waals surface area contributed by atoms with E-state index in [0.29, 0.717) is 16.6 Å². The van der Waals surface area contributed by atoms with E-state index in [0.717, 1.165) is 29.3 Å². The Labute approximate surface area is 273 Å². The van der Waals surface area contributed by atoms with Crippen molar-refractivity contribution in [3.63, 3.8) is 0 Å². The van der Waals surface area contributed by atoms with Crippen molar-refractivity contribution in [2.24, 2.45) is 0 Å². The van der Waals surface area contributed by atoms with Gasteiger partial charge in [0, 0.05) is 27.6 Å². The number of hydrogen-bond donors (Lipinski definition) is 0. The second-order valence-electron chi connectivity index (χ2n) is 14.2. The van der Waals surface area contributed by atoms with Crippen LogP contribution in [0.25, 0.3) is 44.1 Å². The van der Waals surface area contributed by atoms with E-state index in [4.69, 9.17) is 9.72 Å². The number of pyridine rings is 1. The largest absolute Gasteiger partial charge is 0.461 e. The second-order valence-corrected chi connectivity index (χ2v) is 20.1. The number of nitrogens with zero attached hydrogens (tertiary/aromatic N) is 2. The van der Waals surface area contributed by atoms with Gasteiger partial charge in [-0.2, -0.15) is 0 Å². The highest BCUT2D eigenvalue weighted by atomic mass is 28.3. The van der Waals surface area contributed by atoms with Gasteiger partial charge >= 0.3 is 0 Å². The van der Waals surface area contributed by atoms with E-state index in [1.165, 1.54) is 43.9 Å². The molecule has 1 atom stereocenters. The zero-order chi connectivity index (χ0) is 31.7. The van der Waals surface area contributed by atoms with Crippen LogP contribution in [0.4, 0.5) is 0 Å². The van der Waals surface area contributed by atoms with Gasteiger partial charge < -0.3 is 4.74 Å². The summed E-state index contributed by atoms with van der Waals surface area (Å²) >= 11 is 0. The van der Waals surface area contributed by atoms with Crippen molar-refractivity contribution in [1.82, 2.24) is 9.55 Å². The van der Waals surface area contributed by atoms with Crippen LogP contribution >= 0.6 is 0 Å². The topological polar surface area (TPSA) is 27.1 Å². The van der Waals surface area contributed by atoms with Crippen LogP contribution in [0.2, 0.25) is 16.6 Å². The molecule has 0 saturated heterocycles. The molecule has 0 bridgehead atoms. The van der Waals surface area contributed by atoms with Crippen molar-refractivity contribution in [3.8, 4) is 11.6 Å². The van der Waals surface area contributed by atoms with E-state index >= 15 is 0 Å². The standard InChI is InChI=1S/C42H42N2OSi/c1-26(2)46(27(3)4,28(5)6)32-18-19-37-31(23-32)17-22-42(43-37)44-38-13-9-7-11-33(38)35-24-29(15-20-39(35)44)30-16-21-41-36(25-30)34-12-8-10-14-40(34)45-41/h7-24,26-28,36H,25H2,1-6H3. The Balaban J connectivity index is 1.21. The molecule has 230 valence electrons. The van der Waals surface area contributed by atoms with Gasteiger partial charge in [0.25, 0.3) is 0 Å². The summed E-state index contributed by atoms with van der Waals surface area (Å²) in [7, 11) is -1.75. The second kappa shape index (κ2) is 10.8. The lowest BCUT2D eigenvalue weighted by Gasteiger charge is -2.43. The molecule has 1 aliphatic heterocycles. The third-order valence-electron chi connectivity index (χ3n) is 11.1. The first kappa shape index (κ1) is 29.0. The van der Waals surface area contributed by atoms with Crippen LogP contribution in [0.1, 0.15) is 65.0 Å². The predicted octanol–water partition coefficient (Wildman–Crippen LogP) is 11.1. The van der Waals surface area contributed by atoms with Gasteiger partial charge in [-0.15, -0.1) is 0 Å². The van der Waals surface area contributed by atoms with Crippen LogP contribution in [0, 0.1) is 0 Å². The maximum atomic E-state index is 6.17. The number of para-hydroxylation sites is 2. The summed E-state index contributed by atoms with van der Waals surface area (Å²) in [6.07, 6.45) is 5.35. The summed E-state index contributed by atoms with van der Waals surface area (Å²) in [6, 6.07) is 35.8. The fourth-order valence-electron chi connectivity index (χ4n) is 9.19. The average molecular weight is 619 g/mol. The molecule has 1 unspecified atom stereocenters. The van der Waals surface area contributed by atoms with Crippen LogP contribution < -0.4 is 9.92 Å². The number of aromatic nitrogens is 2. The summed E-state index contributed by atoms with van der Waals surface area (Å²) in [4.78, 5) is 5.29. The van der Waals surface area contributed by atoms with Crippen LogP contribution in [0.3, 0.4) is 0 Å². The zero-order valence-corrected chi connectivity index (χ0v) is 28.7. The maximum absolute atomic E-state index is 6.17. The van der Waals surface area contributed by atoms with Crippen molar-refractivity contribution in [3.05, 3.63) is 126 Å². The Morgan fingerprint density at radius 2 is 1.46 bits per heavy atom. The molecule has 3 nitrogen and oxygen atoms in total. The van der Waals surface area contributed by atoms with Crippen molar-refractivity contribution in [1.29, 1.82) is 0 Å². The van der Waals surface area contributed by atoms with Crippen molar-refractivity contribution in [2.45, 2.75) is 70.5 Å². The summed E-state index contributed by atoms with van der Waals surface area (Å²) < 4.78 is 8.51.